The van der Waals surface area contributed by atoms with Gasteiger partial charge >= 0.3 is 5.97 Å². The lowest BCUT2D eigenvalue weighted by Crippen LogP contribution is -2.16. The van der Waals surface area contributed by atoms with Crippen LogP contribution < -0.4 is 9.46 Å². The van der Waals surface area contributed by atoms with Crippen molar-refractivity contribution in [3.63, 3.8) is 0 Å². The molecule has 0 unspecified atom stereocenters. The number of nitrogens with one attached hydrogen (secondary N) is 1. The Hall–Kier alpha value is -1.58. The number of halogens is 1. The normalized spacial score (nSPS) is 13.7. The Morgan fingerprint density at radius 3 is 2.70 bits per heavy atom. The van der Waals surface area contributed by atoms with Crippen LogP contribution in [-0.4, -0.2) is 28.1 Å². The Kier molecular flexibility index (Phi) is 6.12. The highest BCUT2D eigenvalue weighted by Gasteiger charge is 2.29. The molecule has 0 atom stereocenters. The molecule has 9 heteroatoms. The van der Waals surface area contributed by atoms with E-state index in [1.165, 1.54) is 30.6 Å². The number of rotatable bonds is 6. The van der Waals surface area contributed by atoms with Gasteiger partial charge in [-0.3, -0.25) is 4.72 Å². The number of hydrogen-bond acceptors (Lipinski definition) is 6. The fourth-order valence-electron chi connectivity index (χ4n) is 3.05. The predicted molar refractivity (Wildman–Crippen MR) is 108 cm³/mol. The highest BCUT2D eigenvalue weighted by atomic mass is 79.9. The molecule has 146 valence electrons. The molecule has 0 aliphatic heterocycles. The van der Waals surface area contributed by atoms with Gasteiger partial charge in [0.2, 0.25) is 0 Å². The molecule has 0 fully saturated rings. The SMILES string of the molecule is CCOC(=O)c1c(NS(=O)(=O)c2ccc(OC)c(Br)c2)sc2c1CCCC2. The van der Waals surface area contributed by atoms with Gasteiger partial charge in [-0.15, -0.1) is 11.3 Å². The van der Waals surface area contributed by atoms with Gasteiger partial charge in [-0.25, -0.2) is 13.2 Å². The number of aryl methyl sites for hydroxylation is 1. The Bertz CT molecular complexity index is 968. The van der Waals surface area contributed by atoms with Gasteiger partial charge in [0.05, 0.1) is 28.6 Å². The first-order chi connectivity index (χ1) is 12.9. The van der Waals surface area contributed by atoms with E-state index in [-0.39, 0.29) is 11.5 Å². The van der Waals surface area contributed by atoms with Crippen molar-refractivity contribution in [1.29, 1.82) is 0 Å². The molecule has 6 nitrogen and oxygen atoms in total. The number of fused-ring (bicyclic) bond motifs is 1. The second kappa shape index (κ2) is 8.20. The summed E-state index contributed by atoms with van der Waals surface area (Å²) < 4.78 is 39.2. The summed E-state index contributed by atoms with van der Waals surface area (Å²) in [6, 6.07) is 4.51. The fraction of sp³-hybridized carbons (Fsp3) is 0.389. The lowest BCUT2D eigenvalue weighted by Gasteiger charge is -2.13. The van der Waals surface area contributed by atoms with Crippen molar-refractivity contribution in [1.82, 2.24) is 0 Å². The molecule has 1 aliphatic carbocycles. The Balaban J connectivity index is 2.00. The molecule has 0 radical (unpaired) electrons. The van der Waals surface area contributed by atoms with E-state index in [4.69, 9.17) is 9.47 Å². The summed E-state index contributed by atoms with van der Waals surface area (Å²) in [7, 11) is -2.36. The van der Waals surface area contributed by atoms with E-state index >= 15 is 0 Å². The number of benzene rings is 1. The average molecular weight is 474 g/mol. The maximum atomic E-state index is 12.9. The van der Waals surface area contributed by atoms with Crippen molar-refractivity contribution in [2.75, 3.05) is 18.4 Å². The number of hydrogen-bond donors (Lipinski definition) is 1. The number of esters is 1. The lowest BCUT2D eigenvalue weighted by atomic mass is 9.95. The minimum absolute atomic E-state index is 0.0800. The molecule has 2 aromatic rings. The maximum absolute atomic E-state index is 12.9. The van der Waals surface area contributed by atoms with Gasteiger partial charge in [0.1, 0.15) is 10.8 Å². The van der Waals surface area contributed by atoms with Crippen LogP contribution in [0.1, 0.15) is 40.6 Å². The van der Waals surface area contributed by atoms with Crippen LogP contribution in [0.4, 0.5) is 5.00 Å². The maximum Gasteiger partial charge on any atom is 0.341 e. The van der Waals surface area contributed by atoms with Gasteiger partial charge in [-0.2, -0.15) is 0 Å². The first kappa shape index (κ1) is 20.2. The molecular weight excluding hydrogens is 454 g/mol. The van der Waals surface area contributed by atoms with Gasteiger partial charge in [-0.1, -0.05) is 0 Å². The molecule has 1 heterocycles. The van der Waals surface area contributed by atoms with Crippen molar-refractivity contribution < 1.29 is 22.7 Å². The molecule has 1 aromatic carbocycles. The number of anilines is 1. The zero-order valence-electron chi connectivity index (χ0n) is 15.0. The van der Waals surface area contributed by atoms with Crippen LogP contribution in [0, 0.1) is 0 Å². The quantitative estimate of drug-likeness (QED) is 0.629. The van der Waals surface area contributed by atoms with Crippen LogP contribution >= 0.6 is 27.3 Å². The third kappa shape index (κ3) is 4.14. The molecule has 1 aromatic heterocycles. The van der Waals surface area contributed by atoms with E-state index in [0.29, 0.717) is 20.8 Å². The zero-order chi connectivity index (χ0) is 19.6. The standard InChI is InChI=1S/C18H20BrNO5S2/c1-3-25-18(21)16-12-6-4-5-7-15(12)26-17(16)20-27(22,23)11-8-9-14(24-2)13(19)10-11/h8-10,20H,3-7H2,1-2H3. The average Bonchev–Trinajstić information content (AvgIpc) is 2.98. The number of carbonyl (C=O) groups is 1. The Labute approximate surface area is 171 Å². The van der Waals surface area contributed by atoms with Crippen molar-refractivity contribution in [2.45, 2.75) is 37.5 Å². The van der Waals surface area contributed by atoms with Crippen LogP contribution in [-0.2, 0) is 27.6 Å². The molecule has 0 bridgehead atoms. The number of methoxy groups -OCH3 is 1. The van der Waals surface area contributed by atoms with Crippen molar-refractivity contribution in [3.05, 3.63) is 38.7 Å². The van der Waals surface area contributed by atoms with Crippen LogP contribution in [0.15, 0.2) is 27.6 Å². The fourth-order valence-corrected chi connectivity index (χ4v) is 6.35. The summed E-state index contributed by atoms with van der Waals surface area (Å²) >= 11 is 4.62. The monoisotopic (exact) mass is 473 g/mol. The highest BCUT2D eigenvalue weighted by Crippen LogP contribution is 2.40. The van der Waals surface area contributed by atoms with Gasteiger partial charge < -0.3 is 9.47 Å². The molecule has 1 N–H and O–H groups in total. The molecule has 3 rings (SSSR count). The largest absolute Gasteiger partial charge is 0.496 e. The number of carbonyl (C=O) groups excluding carboxylic acids is 1. The first-order valence-electron chi connectivity index (χ1n) is 8.55. The number of ether oxygens (including phenoxy) is 2. The van der Waals surface area contributed by atoms with Gasteiger partial charge in [0, 0.05) is 4.88 Å². The molecule has 0 saturated carbocycles. The lowest BCUT2D eigenvalue weighted by molar-refractivity contribution is 0.0526. The second-order valence-electron chi connectivity index (χ2n) is 6.04. The summed E-state index contributed by atoms with van der Waals surface area (Å²) in [5, 5.41) is 0.326. The van der Waals surface area contributed by atoms with Crippen molar-refractivity contribution in [2.24, 2.45) is 0 Å². The van der Waals surface area contributed by atoms with Gasteiger partial charge in [-0.05, 0) is 72.3 Å². The summed E-state index contributed by atoms with van der Waals surface area (Å²) in [5.41, 5.74) is 1.27. The molecule has 0 saturated heterocycles. The molecule has 1 aliphatic rings. The summed E-state index contributed by atoms with van der Waals surface area (Å²) in [4.78, 5) is 13.6. The van der Waals surface area contributed by atoms with Crippen LogP contribution in [0.5, 0.6) is 5.75 Å². The molecular formula is C18H20BrNO5S2. The predicted octanol–water partition coefficient (Wildman–Crippen LogP) is 4.38. The van der Waals surface area contributed by atoms with Gasteiger partial charge in [0.25, 0.3) is 10.0 Å². The first-order valence-corrected chi connectivity index (χ1v) is 11.6. The minimum Gasteiger partial charge on any atom is -0.496 e. The van der Waals surface area contributed by atoms with Crippen molar-refractivity contribution >= 4 is 48.3 Å². The van der Waals surface area contributed by atoms with Crippen LogP contribution in [0.2, 0.25) is 0 Å². The van der Waals surface area contributed by atoms with E-state index in [9.17, 15) is 13.2 Å². The van der Waals surface area contributed by atoms with Crippen molar-refractivity contribution in [3.8, 4) is 5.75 Å². The number of sulfonamides is 1. The summed E-state index contributed by atoms with van der Waals surface area (Å²) in [6.45, 7) is 1.97. The number of thiophene rings is 1. The van der Waals surface area contributed by atoms with Gasteiger partial charge in [0.15, 0.2) is 0 Å². The molecule has 0 amide bonds. The van der Waals surface area contributed by atoms with E-state index in [2.05, 4.69) is 20.7 Å². The Morgan fingerprint density at radius 2 is 2.04 bits per heavy atom. The highest BCUT2D eigenvalue weighted by molar-refractivity contribution is 9.10. The molecule has 0 spiro atoms. The third-order valence-corrected chi connectivity index (χ3v) is 7.62. The minimum atomic E-state index is -3.86. The van der Waals surface area contributed by atoms with E-state index in [0.717, 1.165) is 36.1 Å². The smallest absolute Gasteiger partial charge is 0.341 e. The molecule has 27 heavy (non-hydrogen) atoms. The van der Waals surface area contributed by atoms with E-state index in [1.54, 1.807) is 13.0 Å². The third-order valence-electron chi connectivity index (χ3n) is 4.31. The second-order valence-corrected chi connectivity index (χ2v) is 9.68. The van der Waals surface area contributed by atoms with Crippen LogP contribution in [0.25, 0.3) is 0 Å². The zero-order valence-corrected chi connectivity index (χ0v) is 18.2. The van der Waals surface area contributed by atoms with E-state index in [1.807, 2.05) is 0 Å². The van der Waals surface area contributed by atoms with E-state index < -0.39 is 16.0 Å². The Morgan fingerprint density at radius 1 is 1.30 bits per heavy atom. The summed E-state index contributed by atoms with van der Waals surface area (Å²) in [6.07, 6.45) is 3.62. The summed E-state index contributed by atoms with van der Waals surface area (Å²) in [5.74, 6) is 0.0539. The van der Waals surface area contributed by atoms with Crippen LogP contribution in [0.3, 0.4) is 0 Å². The topological polar surface area (TPSA) is 81.7 Å².